The van der Waals surface area contributed by atoms with E-state index < -0.39 is 11.9 Å². The molecule has 0 radical (unpaired) electrons. The average molecular weight is 402 g/mol. The van der Waals surface area contributed by atoms with Gasteiger partial charge in [-0.05, 0) is 37.3 Å². The van der Waals surface area contributed by atoms with Crippen LogP contribution >= 0.6 is 0 Å². The second-order valence-corrected chi connectivity index (χ2v) is 6.46. The molecule has 0 amide bonds. The highest BCUT2D eigenvalue weighted by Gasteiger charge is 2.33. The summed E-state index contributed by atoms with van der Waals surface area (Å²) in [6.07, 6.45) is 1.53. The fraction of sp³-hybridized carbons (Fsp3) is 0.130. The summed E-state index contributed by atoms with van der Waals surface area (Å²) in [6, 6.07) is 17.4. The Morgan fingerprint density at radius 2 is 2.03 bits per heavy atom. The number of allylic oxidation sites excluding steroid dienone is 1. The minimum absolute atomic E-state index is 0.0171. The van der Waals surface area contributed by atoms with Gasteiger partial charge in [0, 0.05) is 11.6 Å². The average Bonchev–Trinajstić information content (AvgIpc) is 3.27. The number of nitriles is 1. The standard InChI is InChI=1S/C23H18N2O5/c1-2-27-18-7-4-3-6-16(18)23(26)29-14-9-10-15-20(12-14)30-22(25)17(13-24)21(15)19-8-5-11-28-19/h3-12,21H,2,25H2,1H3. The van der Waals surface area contributed by atoms with Gasteiger partial charge < -0.3 is 24.4 Å². The maximum absolute atomic E-state index is 12.7. The Bertz CT molecular complexity index is 1160. The molecule has 1 aliphatic heterocycles. The highest BCUT2D eigenvalue weighted by molar-refractivity contribution is 5.94. The highest BCUT2D eigenvalue weighted by Crippen LogP contribution is 2.43. The predicted octanol–water partition coefficient (Wildman–Crippen LogP) is 4.12. The number of para-hydroxylation sites is 1. The third kappa shape index (κ3) is 3.47. The quantitative estimate of drug-likeness (QED) is 0.505. The molecule has 0 bridgehead atoms. The van der Waals surface area contributed by atoms with E-state index in [1.54, 1.807) is 54.6 Å². The first kappa shape index (κ1) is 19.2. The zero-order valence-corrected chi connectivity index (χ0v) is 16.1. The highest BCUT2D eigenvalue weighted by atomic mass is 16.5. The molecule has 1 atom stereocenters. The molecule has 1 aromatic heterocycles. The van der Waals surface area contributed by atoms with Gasteiger partial charge in [0.2, 0.25) is 5.88 Å². The van der Waals surface area contributed by atoms with Crippen LogP contribution in [0.3, 0.4) is 0 Å². The van der Waals surface area contributed by atoms with Crippen LogP contribution in [0.5, 0.6) is 17.2 Å². The van der Waals surface area contributed by atoms with Crippen molar-refractivity contribution in [2.45, 2.75) is 12.8 Å². The fourth-order valence-electron chi connectivity index (χ4n) is 3.33. The third-order valence-corrected chi connectivity index (χ3v) is 4.64. The Morgan fingerprint density at radius 3 is 2.77 bits per heavy atom. The summed E-state index contributed by atoms with van der Waals surface area (Å²) in [6.45, 7) is 2.27. The monoisotopic (exact) mass is 402 g/mol. The number of nitrogens with two attached hydrogens (primary N) is 1. The molecule has 0 fully saturated rings. The minimum Gasteiger partial charge on any atom is -0.493 e. The number of rotatable bonds is 5. The van der Waals surface area contributed by atoms with Gasteiger partial charge in [-0.15, -0.1) is 0 Å². The van der Waals surface area contributed by atoms with Crippen LogP contribution in [0, 0.1) is 11.3 Å². The van der Waals surface area contributed by atoms with Crippen LogP contribution in [-0.2, 0) is 0 Å². The number of ether oxygens (including phenoxy) is 3. The van der Waals surface area contributed by atoms with E-state index in [0.717, 1.165) is 0 Å². The van der Waals surface area contributed by atoms with Gasteiger partial charge >= 0.3 is 5.97 Å². The van der Waals surface area contributed by atoms with Crippen molar-refractivity contribution in [1.29, 1.82) is 5.26 Å². The smallest absolute Gasteiger partial charge is 0.347 e. The molecule has 2 heterocycles. The molecule has 4 rings (SSSR count). The maximum Gasteiger partial charge on any atom is 0.347 e. The van der Waals surface area contributed by atoms with Crippen molar-refractivity contribution < 1.29 is 23.4 Å². The van der Waals surface area contributed by atoms with Crippen molar-refractivity contribution in [3.05, 3.63) is 89.2 Å². The summed E-state index contributed by atoms with van der Waals surface area (Å²) in [5.41, 5.74) is 7.23. The van der Waals surface area contributed by atoms with Crippen molar-refractivity contribution in [2.75, 3.05) is 6.61 Å². The van der Waals surface area contributed by atoms with Crippen LogP contribution in [0.1, 0.15) is 34.5 Å². The Kier molecular flexibility index (Phi) is 5.14. The molecule has 30 heavy (non-hydrogen) atoms. The number of nitrogens with zero attached hydrogens (tertiary/aromatic N) is 1. The third-order valence-electron chi connectivity index (χ3n) is 4.64. The number of furan rings is 1. The molecule has 7 heteroatoms. The van der Waals surface area contributed by atoms with E-state index in [4.69, 9.17) is 24.4 Å². The summed E-state index contributed by atoms with van der Waals surface area (Å²) >= 11 is 0. The zero-order valence-electron chi connectivity index (χ0n) is 16.1. The largest absolute Gasteiger partial charge is 0.493 e. The van der Waals surface area contributed by atoms with Gasteiger partial charge in [0.25, 0.3) is 0 Å². The van der Waals surface area contributed by atoms with E-state index in [1.807, 2.05) is 6.92 Å². The van der Waals surface area contributed by atoms with E-state index in [-0.39, 0.29) is 17.2 Å². The Morgan fingerprint density at radius 1 is 1.20 bits per heavy atom. The molecule has 0 saturated heterocycles. The van der Waals surface area contributed by atoms with E-state index in [2.05, 4.69) is 6.07 Å². The number of benzene rings is 2. The number of fused-ring (bicyclic) bond motifs is 1. The van der Waals surface area contributed by atoms with Crippen LogP contribution in [0.25, 0.3) is 0 Å². The molecule has 0 spiro atoms. The summed E-state index contributed by atoms with van der Waals surface area (Å²) in [4.78, 5) is 12.7. The predicted molar refractivity (Wildman–Crippen MR) is 107 cm³/mol. The molecular weight excluding hydrogens is 384 g/mol. The topological polar surface area (TPSA) is 108 Å². The van der Waals surface area contributed by atoms with Gasteiger partial charge in [-0.2, -0.15) is 5.26 Å². The van der Waals surface area contributed by atoms with Gasteiger partial charge in [-0.25, -0.2) is 4.79 Å². The lowest BCUT2D eigenvalue weighted by Gasteiger charge is -2.25. The number of hydrogen-bond donors (Lipinski definition) is 1. The van der Waals surface area contributed by atoms with Crippen LogP contribution in [-0.4, -0.2) is 12.6 Å². The van der Waals surface area contributed by atoms with Crippen molar-refractivity contribution in [3.63, 3.8) is 0 Å². The summed E-state index contributed by atoms with van der Waals surface area (Å²) in [5, 5.41) is 9.53. The fourth-order valence-corrected chi connectivity index (χ4v) is 3.33. The number of hydrogen-bond acceptors (Lipinski definition) is 7. The van der Waals surface area contributed by atoms with Crippen molar-refractivity contribution >= 4 is 5.97 Å². The molecule has 2 aromatic carbocycles. The van der Waals surface area contributed by atoms with Crippen LogP contribution < -0.4 is 19.9 Å². The molecule has 2 N–H and O–H groups in total. The summed E-state index contributed by atoms with van der Waals surface area (Å²) < 4.78 is 22.1. The van der Waals surface area contributed by atoms with E-state index in [1.165, 1.54) is 6.26 Å². The van der Waals surface area contributed by atoms with Crippen molar-refractivity contribution in [2.24, 2.45) is 5.73 Å². The van der Waals surface area contributed by atoms with E-state index >= 15 is 0 Å². The van der Waals surface area contributed by atoms with Crippen LogP contribution in [0.15, 0.2) is 76.7 Å². The first-order valence-corrected chi connectivity index (χ1v) is 9.31. The zero-order chi connectivity index (χ0) is 21.1. The van der Waals surface area contributed by atoms with Gasteiger partial charge in [-0.1, -0.05) is 18.2 Å². The molecule has 3 aromatic rings. The molecule has 7 nitrogen and oxygen atoms in total. The van der Waals surface area contributed by atoms with Crippen molar-refractivity contribution in [1.82, 2.24) is 0 Å². The lowest BCUT2D eigenvalue weighted by atomic mass is 9.87. The minimum atomic E-state index is -0.557. The van der Waals surface area contributed by atoms with Gasteiger partial charge in [0.05, 0.1) is 18.8 Å². The lowest BCUT2D eigenvalue weighted by Crippen LogP contribution is -2.21. The SMILES string of the molecule is CCOc1ccccc1C(=O)Oc1ccc2c(c1)OC(N)=C(C#N)C2c1ccco1. The van der Waals surface area contributed by atoms with E-state index in [0.29, 0.717) is 35.0 Å². The molecule has 1 aliphatic rings. The van der Waals surface area contributed by atoms with Crippen molar-refractivity contribution in [3.8, 4) is 23.3 Å². The molecule has 150 valence electrons. The first-order chi connectivity index (χ1) is 14.6. The maximum atomic E-state index is 12.7. The molecular formula is C23H18N2O5. The van der Waals surface area contributed by atoms with Crippen LogP contribution in [0.4, 0.5) is 0 Å². The normalized spacial score (nSPS) is 15.0. The number of carbonyl (C=O) groups excluding carboxylic acids is 1. The second kappa shape index (κ2) is 8.05. The molecule has 0 aliphatic carbocycles. The first-order valence-electron chi connectivity index (χ1n) is 9.31. The second-order valence-electron chi connectivity index (χ2n) is 6.46. The Balaban J connectivity index is 1.66. The lowest BCUT2D eigenvalue weighted by molar-refractivity contribution is 0.0730. The number of carbonyl (C=O) groups is 1. The van der Waals surface area contributed by atoms with Gasteiger partial charge in [-0.3, -0.25) is 0 Å². The van der Waals surface area contributed by atoms with E-state index in [9.17, 15) is 10.1 Å². The Labute approximate surface area is 172 Å². The van der Waals surface area contributed by atoms with Crippen LogP contribution in [0.2, 0.25) is 0 Å². The molecule has 0 saturated carbocycles. The Hall–Kier alpha value is -4.18. The van der Waals surface area contributed by atoms with Gasteiger partial charge in [0.15, 0.2) is 0 Å². The number of esters is 1. The molecule has 1 unspecified atom stereocenters. The summed E-state index contributed by atoms with van der Waals surface area (Å²) in [5.74, 6) is 0.595. The van der Waals surface area contributed by atoms with Gasteiger partial charge in [0.1, 0.15) is 40.2 Å². The summed E-state index contributed by atoms with van der Waals surface area (Å²) in [7, 11) is 0.